The van der Waals surface area contributed by atoms with E-state index in [0.717, 1.165) is 30.2 Å². The molecule has 3 rings (SSSR count). The first-order valence-electron chi connectivity index (χ1n) is 8.12. The summed E-state index contributed by atoms with van der Waals surface area (Å²) in [6.07, 6.45) is 2.98. The van der Waals surface area contributed by atoms with Crippen molar-refractivity contribution in [3.63, 3.8) is 0 Å². The Bertz CT molecular complexity index is 903. The van der Waals surface area contributed by atoms with Gasteiger partial charge in [0, 0.05) is 24.4 Å². The molecule has 1 saturated carbocycles. The lowest BCUT2D eigenvalue weighted by atomic mass is 10.1. The van der Waals surface area contributed by atoms with E-state index in [1.54, 1.807) is 30.0 Å². The maximum absolute atomic E-state index is 13.1. The summed E-state index contributed by atoms with van der Waals surface area (Å²) in [4.78, 5) is 14.9. The molecule has 0 N–H and O–H groups in total. The normalized spacial score (nSPS) is 14.4. The van der Waals surface area contributed by atoms with Crippen molar-refractivity contribution in [1.82, 2.24) is 4.90 Å². The van der Waals surface area contributed by atoms with Crippen LogP contribution in [0.5, 0.6) is 0 Å². The molecule has 0 heterocycles. The van der Waals surface area contributed by atoms with E-state index in [-0.39, 0.29) is 22.7 Å². The number of nitrogens with zero attached hydrogens (tertiary/aromatic N) is 1. The maximum atomic E-state index is 13.1. The number of sulfone groups is 1. The summed E-state index contributed by atoms with van der Waals surface area (Å²) in [5, 5.41) is 0. The van der Waals surface area contributed by atoms with Gasteiger partial charge in [0.05, 0.1) is 4.90 Å². The smallest absolute Gasteiger partial charge is 0.254 e. The Morgan fingerprint density at radius 2 is 1.80 bits per heavy atom. The number of hydrogen-bond donors (Lipinski definition) is 0. The van der Waals surface area contributed by atoms with E-state index in [9.17, 15) is 17.6 Å². The first-order valence-corrected chi connectivity index (χ1v) is 10.0. The van der Waals surface area contributed by atoms with Gasteiger partial charge in [-0.3, -0.25) is 4.79 Å². The Morgan fingerprint density at radius 1 is 1.16 bits per heavy atom. The van der Waals surface area contributed by atoms with Crippen LogP contribution in [0.2, 0.25) is 0 Å². The van der Waals surface area contributed by atoms with E-state index in [1.807, 2.05) is 0 Å². The van der Waals surface area contributed by atoms with Gasteiger partial charge in [0.25, 0.3) is 5.91 Å². The van der Waals surface area contributed by atoms with Crippen molar-refractivity contribution in [3.05, 3.63) is 65.0 Å². The fourth-order valence-corrected chi connectivity index (χ4v) is 3.40. The number of benzene rings is 2. The van der Waals surface area contributed by atoms with Crippen LogP contribution in [0, 0.1) is 12.7 Å². The number of carbonyl (C=O) groups is 1. The largest absolute Gasteiger partial charge is 0.331 e. The predicted molar refractivity (Wildman–Crippen MR) is 93.6 cm³/mol. The molecule has 0 unspecified atom stereocenters. The molecule has 2 aromatic rings. The molecule has 132 valence electrons. The third kappa shape index (κ3) is 4.07. The summed E-state index contributed by atoms with van der Waals surface area (Å²) in [5.41, 5.74) is 1.98. The first kappa shape index (κ1) is 17.6. The quantitative estimate of drug-likeness (QED) is 0.821. The molecule has 0 saturated heterocycles. The fraction of sp³-hybridized carbons (Fsp3) is 0.316. The van der Waals surface area contributed by atoms with Gasteiger partial charge >= 0.3 is 0 Å². The third-order valence-corrected chi connectivity index (χ3v) is 5.49. The van der Waals surface area contributed by atoms with Gasteiger partial charge in [-0.25, -0.2) is 12.8 Å². The molecule has 0 radical (unpaired) electrons. The molecule has 0 spiro atoms. The minimum atomic E-state index is -3.38. The van der Waals surface area contributed by atoms with Crippen molar-refractivity contribution >= 4 is 15.7 Å². The number of hydrogen-bond acceptors (Lipinski definition) is 3. The van der Waals surface area contributed by atoms with Crippen LogP contribution in [0.15, 0.2) is 47.4 Å². The van der Waals surface area contributed by atoms with Crippen LogP contribution >= 0.6 is 0 Å². The molecule has 2 aromatic carbocycles. The van der Waals surface area contributed by atoms with Gasteiger partial charge in [0.1, 0.15) is 5.82 Å². The zero-order valence-electron chi connectivity index (χ0n) is 14.2. The molecule has 0 aromatic heterocycles. The highest BCUT2D eigenvalue weighted by molar-refractivity contribution is 7.90. The SMILES string of the molecule is Cc1ccc(S(C)(=O)=O)cc1C(=O)N(Cc1ccc(F)cc1)C1CC1. The maximum Gasteiger partial charge on any atom is 0.254 e. The second-order valence-corrected chi connectivity index (χ2v) is 8.56. The summed E-state index contributed by atoms with van der Waals surface area (Å²) in [6, 6.07) is 10.9. The Balaban J connectivity index is 1.92. The average molecular weight is 361 g/mol. The number of halogens is 1. The molecule has 25 heavy (non-hydrogen) atoms. The zero-order chi connectivity index (χ0) is 18.2. The lowest BCUT2D eigenvalue weighted by Gasteiger charge is -2.24. The number of amides is 1. The second-order valence-electron chi connectivity index (χ2n) is 6.54. The Hall–Kier alpha value is -2.21. The van der Waals surface area contributed by atoms with E-state index in [4.69, 9.17) is 0 Å². The molecule has 1 aliphatic carbocycles. The minimum Gasteiger partial charge on any atom is -0.331 e. The van der Waals surface area contributed by atoms with Crippen molar-refractivity contribution in [2.75, 3.05) is 6.26 Å². The van der Waals surface area contributed by atoms with Gasteiger partial charge in [-0.2, -0.15) is 0 Å². The summed E-state index contributed by atoms with van der Waals surface area (Å²) in [7, 11) is -3.38. The molecule has 1 aliphatic rings. The molecule has 1 amide bonds. The summed E-state index contributed by atoms with van der Waals surface area (Å²) in [5.74, 6) is -0.500. The van der Waals surface area contributed by atoms with Crippen LogP contribution in [0.1, 0.15) is 34.3 Å². The van der Waals surface area contributed by atoms with Crippen molar-refractivity contribution in [2.45, 2.75) is 37.2 Å². The van der Waals surface area contributed by atoms with Gasteiger partial charge in [-0.05, 0) is 55.2 Å². The third-order valence-electron chi connectivity index (χ3n) is 4.38. The topological polar surface area (TPSA) is 54.5 Å². The van der Waals surface area contributed by atoms with Crippen LogP contribution in [0.4, 0.5) is 4.39 Å². The average Bonchev–Trinajstić information content (AvgIpc) is 3.38. The van der Waals surface area contributed by atoms with E-state index in [0.29, 0.717) is 12.1 Å². The molecule has 6 heteroatoms. The van der Waals surface area contributed by atoms with Gasteiger partial charge in [0.15, 0.2) is 9.84 Å². The first-order chi connectivity index (χ1) is 11.8. The molecule has 0 atom stereocenters. The molecule has 1 fully saturated rings. The van der Waals surface area contributed by atoms with E-state index >= 15 is 0 Å². The lowest BCUT2D eigenvalue weighted by molar-refractivity contribution is 0.0729. The summed E-state index contributed by atoms with van der Waals surface area (Å²) in [6.45, 7) is 2.18. The molecule has 0 aliphatic heterocycles. The molecule has 0 bridgehead atoms. The van der Waals surface area contributed by atoms with Gasteiger partial charge in [-0.15, -0.1) is 0 Å². The van der Waals surface area contributed by atoms with Crippen molar-refractivity contribution in [1.29, 1.82) is 0 Å². The standard InChI is InChI=1S/C19H20FNO3S/c1-13-3-10-17(25(2,23)24)11-18(13)19(22)21(16-8-9-16)12-14-4-6-15(20)7-5-14/h3-7,10-11,16H,8-9,12H2,1-2H3. The number of aryl methyl sites for hydroxylation is 1. The zero-order valence-corrected chi connectivity index (χ0v) is 15.0. The van der Waals surface area contributed by atoms with Crippen molar-refractivity contribution < 1.29 is 17.6 Å². The van der Waals surface area contributed by atoms with Crippen molar-refractivity contribution in [3.8, 4) is 0 Å². The van der Waals surface area contributed by atoms with Crippen LogP contribution in [0.3, 0.4) is 0 Å². The van der Waals surface area contributed by atoms with Crippen molar-refractivity contribution in [2.24, 2.45) is 0 Å². The Labute approximate surface area is 147 Å². The molecular weight excluding hydrogens is 341 g/mol. The second kappa shape index (κ2) is 6.59. The van der Waals surface area contributed by atoms with Crippen LogP contribution in [-0.4, -0.2) is 31.5 Å². The van der Waals surface area contributed by atoms with Gasteiger partial charge in [0.2, 0.25) is 0 Å². The van der Waals surface area contributed by atoms with Crippen LogP contribution < -0.4 is 0 Å². The Kier molecular flexibility index (Phi) is 4.64. The highest BCUT2D eigenvalue weighted by Crippen LogP contribution is 2.31. The minimum absolute atomic E-state index is 0.138. The van der Waals surface area contributed by atoms with E-state index in [1.165, 1.54) is 24.3 Å². The highest BCUT2D eigenvalue weighted by atomic mass is 32.2. The van der Waals surface area contributed by atoms with Gasteiger partial charge < -0.3 is 4.90 Å². The van der Waals surface area contributed by atoms with E-state index in [2.05, 4.69) is 0 Å². The fourth-order valence-electron chi connectivity index (χ4n) is 2.76. The summed E-state index contributed by atoms with van der Waals surface area (Å²) < 4.78 is 36.7. The van der Waals surface area contributed by atoms with Crippen LogP contribution in [0.25, 0.3) is 0 Å². The molecule has 4 nitrogen and oxygen atoms in total. The lowest BCUT2D eigenvalue weighted by Crippen LogP contribution is -2.33. The highest BCUT2D eigenvalue weighted by Gasteiger charge is 2.33. The van der Waals surface area contributed by atoms with Gasteiger partial charge in [-0.1, -0.05) is 18.2 Å². The summed E-state index contributed by atoms with van der Waals surface area (Å²) >= 11 is 0. The van der Waals surface area contributed by atoms with Crippen LogP contribution in [-0.2, 0) is 16.4 Å². The number of carbonyl (C=O) groups excluding carboxylic acids is 1. The molecular formula is C19H20FNO3S. The monoisotopic (exact) mass is 361 g/mol. The number of rotatable bonds is 5. The predicted octanol–water partition coefficient (Wildman–Crippen LogP) is 3.34. The van der Waals surface area contributed by atoms with E-state index < -0.39 is 9.84 Å². The Morgan fingerprint density at radius 3 is 2.36 bits per heavy atom.